The second-order valence-corrected chi connectivity index (χ2v) is 9.84. The monoisotopic (exact) mass is 552 g/mol. The third-order valence-electron chi connectivity index (χ3n) is 7.20. The second kappa shape index (κ2) is 9.43. The molecule has 0 aliphatic carbocycles. The van der Waals surface area contributed by atoms with Gasteiger partial charge in [0.2, 0.25) is 0 Å². The molecule has 40 heavy (non-hydrogen) atoms. The van der Waals surface area contributed by atoms with Gasteiger partial charge in [0.1, 0.15) is 12.6 Å². The van der Waals surface area contributed by atoms with Crippen molar-refractivity contribution in [2.45, 2.75) is 31.9 Å². The van der Waals surface area contributed by atoms with Crippen LogP contribution in [0.1, 0.15) is 18.1 Å². The van der Waals surface area contributed by atoms with Crippen LogP contribution < -0.4 is 0 Å². The van der Waals surface area contributed by atoms with Gasteiger partial charge in [0.15, 0.2) is 5.90 Å². The molecule has 1 aromatic heterocycles. The zero-order chi connectivity index (χ0) is 28.2. The van der Waals surface area contributed by atoms with Crippen molar-refractivity contribution in [3.63, 3.8) is 0 Å². The average Bonchev–Trinajstić information content (AvgIpc) is 3.48. The van der Waals surface area contributed by atoms with Crippen LogP contribution in [0.15, 0.2) is 89.9 Å². The summed E-state index contributed by atoms with van der Waals surface area (Å²) in [5, 5.41) is 1.75. The van der Waals surface area contributed by atoms with Crippen LogP contribution in [0.4, 0.5) is 26.3 Å². The van der Waals surface area contributed by atoms with Crippen molar-refractivity contribution < 1.29 is 31.1 Å². The average molecular weight is 553 g/mol. The Bertz CT molecular complexity index is 1630. The number of benzene rings is 4. The number of hydrogen-bond donors (Lipinski definition) is 0. The topological polar surface area (TPSA) is 26.5 Å². The minimum atomic E-state index is -4.42. The molecule has 5 aromatic rings. The highest BCUT2D eigenvalue weighted by Crippen LogP contribution is 2.37. The molecule has 0 amide bonds. The molecule has 204 valence electrons. The maximum atomic E-state index is 13.1. The Balaban J connectivity index is 1.48. The van der Waals surface area contributed by atoms with Crippen LogP contribution >= 0.6 is 0 Å². The molecular weight excluding hydrogens is 530 g/mol. The molecule has 0 unspecified atom stereocenters. The molecule has 1 aliphatic rings. The molecule has 9 heteroatoms. The summed E-state index contributed by atoms with van der Waals surface area (Å²) in [6, 6.07) is 21.5. The lowest BCUT2D eigenvalue weighted by Gasteiger charge is -2.11. The predicted molar refractivity (Wildman–Crippen MR) is 143 cm³/mol. The van der Waals surface area contributed by atoms with Crippen molar-refractivity contribution in [1.82, 2.24) is 4.57 Å². The van der Waals surface area contributed by atoms with E-state index in [1.165, 1.54) is 24.3 Å². The Morgan fingerprint density at radius 3 is 1.48 bits per heavy atom. The summed E-state index contributed by atoms with van der Waals surface area (Å²) in [6.07, 6.45) is -8.84. The minimum absolute atomic E-state index is 0.0806. The summed E-state index contributed by atoms with van der Waals surface area (Å²) in [6.45, 7) is 2.81. The lowest BCUT2D eigenvalue weighted by atomic mass is 9.99. The van der Waals surface area contributed by atoms with Crippen LogP contribution in [0.2, 0.25) is 0 Å². The van der Waals surface area contributed by atoms with Crippen LogP contribution in [-0.4, -0.2) is 23.1 Å². The van der Waals surface area contributed by atoms with E-state index in [1.54, 1.807) is 6.92 Å². The molecule has 0 spiro atoms. The van der Waals surface area contributed by atoms with Gasteiger partial charge in [0.25, 0.3) is 0 Å². The van der Waals surface area contributed by atoms with E-state index in [9.17, 15) is 26.3 Å². The molecule has 1 aliphatic heterocycles. The van der Waals surface area contributed by atoms with E-state index < -0.39 is 23.5 Å². The summed E-state index contributed by atoms with van der Waals surface area (Å²) in [4.78, 5) is 4.55. The fourth-order valence-electron chi connectivity index (χ4n) is 5.22. The molecule has 0 N–H and O–H groups in total. The van der Waals surface area contributed by atoms with Gasteiger partial charge in [-0.3, -0.25) is 0 Å². The van der Waals surface area contributed by atoms with E-state index >= 15 is 0 Å². The number of alkyl halides is 6. The summed E-state index contributed by atoms with van der Waals surface area (Å²) >= 11 is 0. The predicted octanol–water partition coefficient (Wildman–Crippen LogP) is 8.98. The van der Waals surface area contributed by atoms with Gasteiger partial charge >= 0.3 is 12.4 Å². The van der Waals surface area contributed by atoms with Crippen LogP contribution in [0.3, 0.4) is 0 Å². The molecule has 2 heterocycles. The highest BCUT2D eigenvalue weighted by atomic mass is 19.4. The van der Waals surface area contributed by atoms with E-state index in [0.717, 1.165) is 57.2 Å². The fraction of sp³-hybridized carbons (Fsp3) is 0.194. The molecule has 3 nitrogen and oxygen atoms in total. The van der Waals surface area contributed by atoms with Gasteiger partial charge in [-0.15, -0.1) is 0 Å². The smallest absolute Gasteiger partial charge is 0.416 e. The molecule has 0 fully saturated rings. The second-order valence-electron chi connectivity index (χ2n) is 9.84. The molecule has 0 saturated heterocycles. The van der Waals surface area contributed by atoms with E-state index in [-0.39, 0.29) is 6.04 Å². The highest BCUT2D eigenvalue weighted by Gasteiger charge is 2.31. The summed E-state index contributed by atoms with van der Waals surface area (Å²) in [5.74, 6) is 0.625. The van der Waals surface area contributed by atoms with E-state index in [4.69, 9.17) is 4.74 Å². The van der Waals surface area contributed by atoms with Gasteiger partial charge in [0.05, 0.1) is 11.1 Å². The van der Waals surface area contributed by atoms with Crippen LogP contribution in [0, 0.1) is 0 Å². The van der Waals surface area contributed by atoms with E-state index in [0.29, 0.717) is 30.2 Å². The Hall–Kier alpha value is -4.27. The Morgan fingerprint density at radius 1 is 0.675 bits per heavy atom. The third kappa shape index (κ3) is 4.80. The van der Waals surface area contributed by atoms with Gasteiger partial charge in [0, 0.05) is 35.3 Å². The summed E-state index contributed by atoms with van der Waals surface area (Å²) < 4.78 is 86.2. The number of halogens is 6. The van der Waals surface area contributed by atoms with Crippen LogP contribution in [0.5, 0.6) is 0 Å². The first-order valence-corrected chi connectivity index (χ1v) is 12.6. The Kier molecular flexibility index (Phi) is 6.12. The SMILES string of the molecule is CC1=N[C@@H](Cn2c3ccc(-c4ccc(C(F)(F)F)cc4)cc3c3cc(-c4ccc(C(F)(F)F)cc4)ccc32)CO1. The maximum Gasteiger partial charge on any atom is 0.416 e. The van der Waals surface area contributed by atoms with Gasteiger partial charge in [-0.1, -0.05) is 36.4 Å². The maximum absolute atomic E-state index is 13.1. The Morgan fingerprint density at radius 2 is 1.10 bits per heavy atom. The number of fused-ring (bicyclic) bond motifs is 3. The number of aromatic nitrogens is 1. The molecule has 0 saturated carbocycles. The Labute approximate surface area is 225 Å². The van der Waals surface area contributed by atoms with Gasteiger partial charge < -0.3 is 9.30 Å². The third-order valence-corrected chi connectivity index (χ3v) is 7.20. The van der Waals surface area contributed by atoms with E-state index in [2.05, 4.69) is 9.56 Å². The zero-order valence-corrected chi connectivity index (χ0v) is 21.1. The molecule has 0 radical (unpaired) electrons. The lowest BCUT2D eigenvalue weighted by molar-refractivity contribution is -0.138. The van der Waals surface area contributed by atoms with Gasteiger partial charge in [-0.05, 0) is 70.8 Å². The first-order valence-electron chi connectivity index (χ1n) is 12.6. The highest BCUT2D eigenvalue weighted by molar-refractivity contribution is 6.10. The van der Waals surface area contributed by atoms with Crippen LogP contribution in [0.25, 0.3) is 44.1 Å². The lowest BCUT2D eigenvalue weighted by Crippen LogP contribution is -2.15. The standard InChI is InChI=1S/C31H22F6N2O/c1-18-38-25(17-40-18)16-39-28-12-6-21(19-2-8-23(9-3-19)30(32,33)34)14-26(28)27-15-22(7-13-29(27)39)20-4-10-24(11-5-20)31(35,36)37/h2-15,25H,16-17H2,1H3/t25-/m0/s1. The molecular formula is C31H22F6N2O. The van der Waals surface area contributed by atoms with Crippen molar-refractivity contribution in [2.75, 3.05) is 6.61 Å². The number of nitrogens with zero attached hydrogens (tertiary/aromatic N) is 2. The first-order chi connectivity index (χ1) is 19.0. The molecule has 4 aromatic carbocycles. The number of aliphatic imine (C=N–C) groups is 1. The van der Waals surface area contributed by atoms with Crippen molar-refractivity contribution in [1.29, 1.82) is 0 Å². The first kappa shape index (κ1) is 26.0. The molecule has 1 atom stereocenters. The minimum Gasteiger partial charge on any atom is -0.479 e. The molecule has 0 bridgehead atoms. The quantitative estimate of drug-likeness (QED) is 0.205. The normalized spacial score (nSPS) is 16.0. The summed E-state index contributed by atoms with van der Waals surface area (Å²) in [7, 11) is 0. The number of ether oxygens (including phenoxy) is 1. The van der Waals surface area contributed by atoms with Crippen molar-refractivity contribution >= 4 is 27.7 Å². The summed E-state index contributed by atoms with van der Waals surface area (Å²) in [5.41, 5.74) is 3.16. The van der Waals surface area contributed by atoms with Crippen molar-refractivity contribution in [2.24, 2.45) is 4.99 Å². The van der Waals surface area contributed by atoms with Gasteiger partial charge in [-0.2, -0.15) is 26.3 Å². The van der Waals surface area contributed by atoms with Crippen molar-refractivity contribution in [3.8, 4) is 22.3 Å². The number of rotatable bonds is 4. The van der Waals surface area contributed by atoms with Crippen LogP contribution in [-0.2, 0) is 23.6 Å². The molecule has 6 rings (SSSR count). The van der Waals surface area contributed by atoms with Crippen molar-refractivity contribution in [3.05, 3.63) is 96.1 Å². The number of hydrogen-bond acceptors (Lipinski definition) is 2. The zero-order valence-electron chi connectivity index (χ0n) is 21.1. The fourth-order valence-corrected chi connectivity index (χ4v) is 5.22. The largest absolute Gasteiger partial charge is 0.479 e. The van der Waals surface area contributed by atoms with E-state index in [1.807, 2.05) is 36.4 Å². The van der Waals surface area contributed by atoms with Gasteiger partial charge in [-0.25, -0.2) is 4.99 Å².